The van der Waals surface area contributed by atoms with E-state index in [9.17, 15) is 30.7 Å². The van der Waals surface area contributed by atoms with Crippen molar-refractivity contribution in [2.75, 3.05) is 6.67 Å². The fourth-order valence-corrected chi connectivity index (χ4v) is 3.15. The molecule has 0 heterocycles. The largest absolute Gasteiger partial charge is 0.429 e. The molecule has 0 aliphatic carbocycles. The molecule has 3 aromatic rings. The molecule has 0 saturated carbocycles. The first-order valence-electron chi connectivity index (χ1n) is 10.0. The summed E-state index contributed by atoms with van der Waals surface area (Å²) in [6.45, 7) is 1.23. The van der Waals surface area contributed by atoms with Gasteiger partial charge in [-0.1, -0.05) is 42.0 Å². The average molecular weight is 480 g/mol. The molecule has 178 valence electrons. The summed E-state index contributed by atoms with van der Waals surface area (Å²) in [5.74, 6) is -6.03. The average Bonchev–Trinajstić information content (AvgIpc) is 2.76. The van der Waals surface area contributed by atoms with E-state index in [1.165, 1.54) is 19.1 Å². The van der Waals surface area contributed by atoms with E-state index < -0.39 is 47.4 Å². The maximum atomic E-state index is 14.7. The maximum absolute atomic E-state index is 14.7. The topological polar surface area (TPSA) is 9.23 Å². The molecule has 0 amide bonds. The fraction of sp³-hybridized carbons (Fsp3) is 0.154. The van der Waals surface area contributed by atoms with Crippen molar-refractivity contribution in [2.45, 2.75) is 20.0 Å². The summed E-state index contributed by atoms with van der Waals surface area (Å²) < 4.78 is 102. The molecule has 8 heteroatoms. The number of ether oxygens (including phenoxy) is 1. The lowest BCUT2D eigenvalue weighted by Crippen LogP contribution is -2.29. The van der Waals surface area contributed by atoms with Crippen LogP contribution in [0, 0.1) is 24.4 Å². The van der Waals surface area contributed by atoms with Gasteiger partial charge >= 0.3 is 6.11 Å². The van der Waals surface area contributed by atoms with Crippen LogP contribution in [-0.4, -0.2) is 12.8 Å². The third-order valence-electron chi connectivity index (χ3n) is 5.03. The summed E-state index contributed by atoms with van der Waals surface area (Å²) in [6, 6.07) is 13.0. The van der Waals surface area contributed by atoms with Crippen LogP contribution in [-0.2, 0) is 0 Å². The molecular formula is C26H19F7O. The Labute approximate surface area is 191 Å². The lowest BCUT2D eigenvalue weighted by Gasteiger charge is -2.19. The first kappa shape index (κ1) is 25.1. The molecule has 0 spiro atoms. The highest BCUT2D eigenvalue weighted by molar-refractivity contribution is 5.71. The van der Waals surface area contributed by atoms with Crippen LogP contribution in [0.5, 0.6) is 5.75 Å². The Morgan fingerprint density at radius 3 is 2.09 bits per heavy atom. The lowest BCUT2D eigenvalue weighted by molar-refractivity contribution is -0.146. The first-order chi connectivity index (χ1) is 16.0. The van der Waals surface area contributed by atoms with Crippen molar-refractivity contribution in [1.82, 2.24) is 0 Å². The molecule has 3 rings (SSSR count). The molecule has 0 fully saturated rings. The number of rotatable bonds is 7. The Kier molecular flexibility index (Phi) is 7.49. The summed E-state index contributed by atoms with van der Waals surface area (Å²) in [7, 11) is 0. The Bertz CT molecular complexity index is 1240. The molecule has 0 aromatic heterocycles. The molecule has 0 saturated heterocycles. The van der Waals surface area contributed by atoms with E-state index in [4.69, 9.17) is 0 Å². The zero-order chi connectivity index (χ0) is 25.0. The minimum absolute atomic E-state index is 0.0749. The van der Waals surface area contributed by atoms with Crippen LogP contribution in [0.3, 0.4) is 0 Å². The van der Waals surface area contributed by atoms with Gasteiger partial charge in [-0.15, -0.1) is 0 Å². The highest BCUT2D eigenvalue weighted by atomic mass is 19.3. The Balaban J connectivity index is 1.90. The molecule has 1 nitrogen and oxygen atoms in total. The van der Waals surface area contributed by atoms with Crippen LogP contribution in [0.25, 0.3) is 16.7 Å². The number of benzene rings is 3. The van der Waals surface area contributed by atoms with Crippen LogP contribution >= 0.6 is 0 Å². The molecular weight excluding hydrogens is 461 g/mol. The second-order valence-corrected chi connectivity index (χ2v) is 7.54. The van der Waals surface area contributed by atoms with E-state index in [0.717, 1.165) is 11.1 Å². The quantitative estimate of drug-likeness (QED) is 0.244. The van der Waals surface area contributed by atoms with Crippen molar-refractivity contribution in [3.8, 4) is 16.9 Å². The monoisotopic (exact) mass is 480 g/mol. The van der Waals surface area contributed by atoms with E-state index in [1.54, 1.807) is 18.2 Å². The molecule has 0 radical (unpaired) electrons. The summed E-state index contributed by atoms with van der Waals surface area (Å²) in [5.41, 5.74) is 0.483. The van der Waals surface area contributed by atoms with E-state index in [-0.39, 0.29) is 11.1 Å². The SMILES string of the molecule is C/C(=C\C(F)=C(/CF)C(F)(F)Oc1ccc(F)c(F)c1)c1ccc(-c2ccc(C)cc2)cc1F. The number of hydrogen-bond donors (Lipinski definition) is 0. The molecule has 0 aliphatic heterocycles. The van der Waals surface area contributed by atoms with Crippen LogP contribution in [0.4, 0.5) is 30.7 Å². The minimum atomic E-state index is -4.52. The van der Waals surface area contributed by atoms with Gasteiger partial charge in [-0.05, 0) is 54.8 Å². The summed E-state index contributed by atoms with van der Waals surface area (Å²) in [5, 5.41) is 0. The Hall–Kier alpha value is -3.55. The van der Waals surface area contributed by atoms with Crippen LogP contribution in [0.2, 0.25) is 0 Å². The van der Waals surface area contributed by atoms with Crippen LogP contribution in [0.15, 0.2) is 78.1 Å². The Morgan fingerprint density at radius 2 is 1.50 bits per heavy atom. The van der Waals surface area contributed by atoms with Crippen molar-refractivity contribution >= 4 is 5.57 Å². The third-order valence-corrected chi connectivity index (χ3v) is 5.03. The van der Waals surface area contributed by atoms with Gasteiger partial charge in [0, 0.05) is 11.6 Å². The highest BCUT2D eigenvalue weighted by Crippen LogP contribution is 2.34. The van der Waals surface area contributed by atoms with E-state index in [2.05, 4.69) is 4.74 Å². The van der Waals surface area contributed by atoms with Crippen LogP contribution < -0.4 is 4.74 Å². The van der Waals surface area contributed by atoms with Crippen LogP contribution in [0.1, 0.15) is 18.1 Å². The Morgan fingerprint density at radius 1 is 0.853 bits per heavy atom. The maximum Gasteiger partial charge on any atom is 0.428 e. The minimum Gasteiger partial charge on any atom is -0.429 e. The predicted molar refractivity (Wildman–Crippen MR) is 116 cm³/mol. The van der Waals surface area contributed by atoms with Gasteiger partial charge < -0.3 is 4.74 Å². The fourth-order valence-electron chi connectivity index (χ4n) is 3.15. The lowest BCUT2D eigenvalue weighted by atomic mass is 9.99. The third kappa shape index (κ3) is 5.68. The number of aryl methyl sites for hydroxylation is 1. The van der Waals surface area contributed by atoms with Crippen molar-refractivity contribution in [3.05, 3.63) is 107 Å². The van der Waals surface area contributed by atoms with Crippen molar-refractivity contribution < 1.29 is 35.5 Å². The second kappa shape index (κ2) is 10.2. The zero-order valence-electron chi connectivity index (χ0n) is 18.1. The summed E-state index contributed by atoms with van der Waals surface area (Å²) in [4.78, 5) is 0. The standard InChI is InChI=1S/C26H19F7O/c1-15-3-5-17(6-4-15)18-7-9-20(23(29)12-18)16(2)11-24(30)21(14-27)26(32,33)34-19-8-10-22(28)25(31)13-19/h3-13H,14H2,1-2H3/b16-11+,24-21-. The molecule has 34 heavy (non-hydrogen) atoms. The van der Waals surface area contributed by atoms with E-state index >= 15 is 0 Å². The van der Waals surface area contributed by atoms with Gasteiger partial charge in [0.2, 0.25) is 0 Å². The van der Waals surface area contributed by atoms with Gasteiger partial charge in [0.15, 0.2) is 11.6 Å². The van der Waals surface area contributed by atoms with Gasteiger partial charge in [0.05, 0.1) is 0 Å². The molecule has 0 aliphatic rings. The molecule has 3 aromatic carbocycles. The smallest absolute Gasteiger partial charge is 0.428 e. The number of halogens is 7. The van der Waals surface area contributed by atoms with Crippen molar-refractivity contribution in [1.29, 1.82) is 0 Å². The van der Waals surface area contributed by atoms with E-state index in [1.807, 2.05) is 19.1 Å². The molecule has 0 bridgehead atoms. The number of hydrogen-bond acceptors (Lipinski definition) is 1. The van der Waals surface area contributed by atoms with Gasteiger partial charge in [0.25, 0.3) is 0 Å². The summed E-state index contributed by atoms with van der Waals surface area (Å²) >= 11 is 0. The number of allylic oxidation sites excluding steroid dienone is 3. The highest BCUT2D eigenvalue weighted by Gasteiger charge is 2.40. The van der Waals surface area contributed by atoms with Gasteiger partial charge in [-0.25, -0.2) is 22.0 Å². The number of alkyl halides is 3. The van der Waals surface area contributed by atoms with Gasteiger partial charge in [-0.3, -0.25) is 0 Å². The zero-order valence-corrected chi connectivity index (χ0v) is 18.1. The normalized spacial score (nSPS) is 13.0. The second-order valence-electron chi connectivity index (χ2n) is 7.54. The van der Waals surface area contributed by atoms with Crippen molar-refractivity contribution in [2.24, 2.45) is 0 Å². The van der Waals surface area contributed by atoms with Crippen molar-refractivity contribution in [3.63, 3.8) is 0 Å². The van der Waals surface area contributed by atoms with Gasteiger partial charge in [-0.2, -0.15) is 8.78 Å². The van der Waals surface area contributed by atoms with E-state index in [0.29, 0.717) is 29.8 Å². The van der Waals surface area contributed by atoms with Gasteiger partial charge in [0.1, 0.15) is 29.6 Å². The first-order valence-corrected chi connectivity index (χ1v) is 10.0. The molecule has 0 unspecified atom stereocenters. The summed E-state index contributed by atoms with van der Waals surface area (Å²) in [6.07, 6.45) is -3.96. The molecule has 0 N–H and O–H groups in total. The predicted octanol–water partition coefficient (Wildman–Crippen LogP) is 8.35. The molecule has 0 atom stereocenters.